The van der Waals surface area contributed by atoms with Crippen molar-refractivity contribution in [3.63, 3.8) is 0 Å². The normalized spacial score (nSPS) is 12.4. The van der Waals surface area contributed by atoms with Crippen LogP contribution in [0, 0.1) is 0 Å². The maximum atomic E-state index is 11.8. The van der Waals surface area contributed by atoms with Gasteiger partial charge in [-0.15, -0.1) is 0 Å². The molecule has 6 nitrogen and oxygen atoms in total. The molecule has 0 aromatic carbocycles. The summed E-state index contributed by atoms with van der Waals surface area (Å²) in [6, 6.07) is -0.171. The van der Waals surface area contributed by atoms with Gasteiger partial charge in [-0.1, -0.05) is 12.1 Å². The lowest BCUT2D eigenvalue weighted by atomic mass is 10.2. The van der Waals surface area contributed by atoms with E-state index < -0.39 is 0 Å². The van der Waals surface area contributed by atoms with Crippen LogP contribution in [0.3, 0.4) is 0 Å². The molecule has 6 heteroatoms. The van der Waals surface area contributed by atoms with Gasteiger partial charge in [-0.05, 0) is 13.3 Å². The first-order valence-corrected chi connectivity index (χ1v) is 6.26. The molecule has 1 heterocycles. The Morgan fingerprint density at radius 1 is 1.50 bits per heavy atom. The number of aliphatic hydroxyl groups is 1. The van der Waals surface area contributed by atoms with Crippen LogP contribution >= 0.6 is 0 Å². The van der Waals surface area contributed by atoms with Crippen molar-refractivity contribution in [1.29, 1.82) is 0 Å². The van der Waals surface area contributed by atoms with Gasteiger partial charge in [-0.2, -0.15) is 4.98 Å². The van der Waals surface area contributed by atoms with E-state index in [9.17, 15) is 4.79 Å². The van der Waals surface area contributed by atoms with Gasteiger partial charge in [0.15, 0.2) is 5.82 Å². The summed E-state index contributed by atoms with van der Waals surface area (Å²) >= 11 is 0. The van der Waals surface area contributed by atoms with Crippen LogP contribution in [0.15, 0.2) is 4.52 Å². The van der Waals surface area contributed by atoms with Gasteiger partial charge >= 0.3 is 0 Å². The Labute approximate surface area is 107 Å². The number of hydrogen-bond donors (Lipinski definition) is 1. The average Bonchev–Trinajstić information content (AvgIpc) is 2.82. The Morgan fingerprint density at radius 2 is 2.22 bits per heavy atom. The van der Waals surface area contributed by atoms with Crippen molar-refractivity contribution >= 4 is 5.91 Å². The minimum absolute atomic E-state index is 0.0354. The summed E-state index contributed by atoms with van der Waals surface area (Å²) in [6.45, 7) is 3.80. The molecule has 1 rings (SSSR count). The Hall–Kier alpha value is -1.43. The second-order valence-corrected chi connectivity index (χ2v) is 4.39. The van der Waals surface area contributed by atoms with E-state index in [0.29, 0.717) is 24.6 Å². The van der Waals surface area contributed by atoms with Crippen molar-refractivity contribution in [3.8, 4) is 0 Å². The molecule has 1 aromatic heterocycles. The van der Waals surface area contributed by atoms with Gasteiger partial charge in [0.1, 0.15) is 0 Å². The van der Waals surface area contributed by atoms with Gasteiger partial charge < -0.3 is 14.5 Å². The fraction of sp³-hybridized carbons (Fsp3) is 0.750. The fourth-order valence-corrected chi connectivity index (χ4v) is 1.48. The number of likely N-dealkylation sites (N-methyl/N-ethyl adjacent to an activating group) is 1. The predicted molar refractivity (Wildman–Crippen MR) is 65.9 cm³/mol. The van der Waals surface area contributed by atoms with Crippen LogP contribution in [-0.4, -0.2) is 45.8 Å². The number of aromatic nitrogens is 2. The van der Waals surface area contributed by atoms with Crippen LogP contribution in [0.1, 0.15) is 38.4 Å². The lowest BCUT2D eigenvalue weighted by Crippen LogP contribution is -2.37. The van der Waals surface area contributed by atoms with Gasteiger partial charge in [-0.25, -0.2) is 0 Å². The molecule has 1 amide bonds. The third kappa shape index (κ3) is 4.10. The molecule has 0 saturated heterocycles. The molecule has 0 aliphatic heterocycles. The maximum Gasteiger partial charge on any atom is 0.227 e. The number of aryl methyl sites for hydroxylation is 2. The van der Waals surface area contributed by atoms with Crippen molar-refractivity contribution in [1.82, 2.24) is 15.0 Å². The number of nitrogens with zero attached hydrogens (tertiary/aromatic N) is 3. The van der Waals surface area contributed by atoms with E-state index >= 15 is 0 Å². The largest absolute Gasteiger partial charge is 0.394 e. The zero-order valence-electron chi connectivity index (χ0n) is 11.2. The van der Waals surface area contributed by atoms with E-state index in [1.54, 1.807) is 14.0 Å². The number of aliphatic hydroxyl groups excluding tert-OH is 1. The van der Waals surface area contributed by atoms with Gasteiger partial charge in [0.05, 0.1) is 12.6 Å². The van der Waals surface area contributed by atoms with Crippen molar-refractivity contribution in [2.24, 2.45) is 0 Å². The zero-order valence-corrected chi connectivity index (χ0v) is 11.2. The van der Waals surface area contributed by atoms with Gasteiger partial charge in [0, 0.05) is 26.3 Å². The minimum Gasteiger partial charge on any atom is -0.394 e. The van der Waals surface area contributed by atoms with Crippen LogP contribution in [0.25, 0.3) is 0 Å². The molecular formula is C12H21N3O3. The lowest BCUT2D eigenvalue weighted by molar-refractivity contribution is -0.132. The van der Waals surface area contributed by atoms with Gasteiger partial charge in [-0.3, -0.25) is 4.79 Å². The number of rotatable bonds is 7. The molecule has 0 radical (unpaired) electrons. The van der Waals surface area contributed by atoms with Crippen molar-refractivity contribution < 1.29 is 14.4 Å². The molecule has 102 valence electrons. The van der Waals surface area contributed by atoms with Crippen LogP contribution in [0.2, 0.25) is 0 Å². The number of amides is 1. The van der Waals surface area contributed by atoms with E-state index in [0.717, 1.165) is 12.8 Å². The number of hydrogen-bond acceptors (Lipinski definition) is 5. The Balaban J connectivity index is 2.41. The van der Waals surface area contributed by atoms with Crippen molar-refractivity contribution in [3.05, 3.63) is 11.7 Å². The molecule has 1 unspecified atom stereocenters. The lowest BCUT2D eigenvalue weighted by Gasteiger charge is -2.22. The smallest absolute Gasteiger partial charge is 0.227 e. The first kappa shape index (κ1) is 14.6. The monoisotopic (exact) mass is 255 g/mol. The zero-order chi connectivity index (χ0) is 13.5. The highest BCUT2D eigenvalue weighted by Gasteiger charge is 2.16. The van der Waals surface area contributed by atoms with Gasteiger partial charge in [0.25, 0.3) is 0 Å². The first-order chi connectivity index (χ1) is 8.58. The van der Waals surface area contributed by atoms with Crippen LogP contribution < -0.4 is 0 Å². The molecule has 1 atom stereocenters. The molecule has 1 aromatic rings. The quantitative estimate of drug-likeness (QED) is 0.779. The molecule has 0 aliphatic carbocycles. The maximum absolute atomic E-state index is 11.8. The SMILES string of the molecule is CCCc1noc(CCC(=O)N(C)C(C)CO)n1. The van der Waals surface area contributed by atoms with Crippen LogP contribution in [0.5, 0.6) is 0 Å². The Morgan fingerprint density at radius 3 is 2.83 bits per heavy atom. The summed E-state index contributed by atoms with van der Waals surface area (Å²) in [6.07, 6.45) is 2.51. The third-order valence-corrected chi connectivity index (χ3v) is 2.86. The summed E-state index contributed by atoms with van der Waals surface area (Å²) in [5.41, 5.74) is 0. The second-order valence-electron chi connectivity index (χ2n) is 4.39. The van der Waals surface area contributed by atoms with Crippen molar-refractivity contribution in [2.75, 3.05) is 13.7 Å². The highest BCUT2D eigenvalue weighted by molar-refractivity contribution is 5.76. The van der Waals surface area contributed by atoms with Crippen LogP contribution in [0.4, 0.5) is 0 Å². The molecule has 0 saturated carbocycles. The Bertz CT molecular complexity index is 378. The number of carbonyl (C=O) groups is 1. The summed E-state index contributed by atoms with van der Waals surface area (Å²) in [5.74, 6) is 1.15. The second kappa shape index (κ2) is 7.10. The molecule has 1 N–H and O–H groups in total. The Kier molecular flexibility index (Phi) is 5.77. The van der Waals surface area contributed by atoms with Gasteiger partial charge in [0.2, 0.25) is 11.8 Å². The molecule has 0 fully saturated rings. The summed E-state index contributed by atoms with van der Waals surface area (Å²) < 4.78 is 5.05. The minimum atomic E-state index is -0.171. The van der Waals surface area contributed by atoms with E-state index in [-0.39, 0.29) is 18.6 Å². The third-order valence-electron chi connectivity index (χ3n) is 2.86. The highest BCUT2D eigenvalue weighted by atomic mass is 16.5. The standard InChI is InChI=1S/C12H21N3O3/c1-4-5-10-13-11(18-14-10)6-7-12(17)15(3)9(2)8-16/h9,16H,4-8H2,1-3H3. The fourth-order valence-electron chi connectivity index (χ4n) is 1.48. The summed E-state index contributed by atoms with van der Waals surface area (Å²) in [4.78, 5) is 17.5. The highest BCUT2D eigenvalue weighted by Crippen LogP contribution is 2.05. The number of carbonyl (C=O) groups excluding carboxylic acids is 1. The first-order valence-electron chi connectivity index (χ1n) is 6.26. The molecule has 0 bridgehead atoms. The molecular weight excluding hydrogens is 234 g/mol. The van der Waals surface area contributed by atoms with Crippen LogP contribution in [-0.2, 0) is 17.6 Å². The molecule has 18 heavy (non-hydrogen) atoms. The van der Waals surface area contributed by atoms with Crippen molar-refractivity contribution in [2.45, 2.75) is 45.6 Å². The van der Waals surface area contributed by atoms with E-state index in [2.05, 4.69) is 10.1 Å². The summed E-state index contributed by atoms with van der Waals surface area (Å²) in [5, 5.41) is 12.8. The van der Waals surface area contributed by atoms with E-state index in [1.165, 1.54) is 4.90 Å². The molecule has 0 aliphatic rings. The molecule has 0 spiro atoms. The summed E-state index contributed by atoms with van der Waals surface area (Å²) in [7, 11) is 1.68. The average molecular weight is 255 g/mol. The van der Waals surface area contributed by atoms with E-state index in [4.69, 9.17) is 9.63 Å². The predicted octanol–water partition coefficient (Wildman–Crippen LogP) is 0.794. The van der Waals surface area contributed by atoms with E-state index in [1.807, 2.05) is 6.92 Å². The topological polar surface area (TPSA) is 79.5 Å².